The van der Waals surface area contributed by atoms with Gasteiger partial charge in [0.2, 0.25) is 0 Å². The fourth-order valence-corrected chi connectivity index (χ4v) is 2.53. The maximum Gasteiger partial charge on any atom is 0.123 e. The molecule has 5 heteroatoms. The Morgan fingerprint density at radius 3 is 2.24 bits per heavy atom. The first-order valence-electron chi connectivity index (χ1n) is 6.52. The van der Waals surface area contributed by atoms with Crippen molar-refractivity contribution in [1.29, 1.82) is 0 Å². The van der Waals surface area contributed by atoms with Crippen LogP contribution in [0.3, 0.4) is 0 Å². The van der Waals surface area contributed by atoms with Crippen molar-refractivity contribution in [3.63, 3.8) is 0 Å². The second-order valence-corrected chi connectivity index (χ2v) is 5.47. The van der Waals surface area contributed by atoms with Crippen LogP contribution in [0.15, 0.2) is 42.5 Å². The summed E-state index contributed by atoms with van der Waals surface area (Å²) in [5.41, 5.74) is 6.25. The Hall–Kier alpha value is -1.49. The maximum atomic E-state index is 13.4. The number of benzene rings is 2. The van der Waals surface area contributed by atoms with E-state index in [1.165, 1.54) is 30.3 Å². The summed E-state index contributed by atoms with van der Waals surface area (Å²) in [6.07, 6.45) is 0.266. The van der Waals surface area contributed by atoms with Crippen LogP contribution in [-0.4, -0.2) is 18.3 Å². The van der Waals surface area contributed by atoms with Gasteiger partial charge in [-0.3, -0.25) is 0 Å². The number of hydrogen-bond donors (Lipinski definition) is 2. The van der Waals surface area contributed by atoms with E-state index < -0.39 is 11.2 Å². The van der Waals surface area contributed by atoms with Crippen LogP contribution in [0, 0.1) is 11.6 Å². The van der Waals surface area contributed by atoms with Crippen molar-refractivity contribution in [3.8, 4) is 0 Å². The highest BCUT2D eigenvalue weighted by Gasteiger charge is 2.31. The second kappa shape index (κ2) is 6.52. The minimum atomic E-state index is -0.828. The molecule has 0 saturated carbocycles. The van der Waals surface area contributed by atoms with Crippen molar-refractivity contribution in [2.45, 2.75) is 11.8 Å². The van der Waals surface area contributed by atoms with Gasteiger partial charge in [0, 0.05) is 17.0 Å². The maximum absolute atomic E-state index is 13.4. The van der Waals surface area contributed by atoms with E-state index in [-0.39, 0.29) is 25.4 Å². The summed E-state index contributed by atoms with van der Waals surface area (Å²) < 4.78 is 26.4. The van der Waals surface area contributed by atoms with Gasteiger partial charge in [0.15, 0.2) is 0 Å². The number of rotatable bonds is 5. The van der Waals surface area contributed by atoms with Gasteiger partial charge in [-0.05, 0) is 47.9 Å². The van der Waals surface area contributed by atoms with Crippen LogP contribution in [0.5, 0.6) is 0 Å². The zero-order valence-electron chi connectivity index (χ0n) is 11.3. The van der Waals surface area contributed by atoms with E-state index in [1.807, 2.05) is 0 Å². The van der Waals surface area contributed by atoms with Crippen LogP contribution in [0.2, 0.25) is 5.02 Å². The van der Waals surface area contributed by atoms with Crippen molar-refractivity contribution >= 4 is 11.6 Å². The molecule has 0 amide bonds. The van der Waals surface area contributed by atoms with E-state index in [9.17, 15) is 13.9 Å². The van der Waals surface area contributed by atoms with Crippen LogP contribution >= 0.6 is 11.6 Å². The number of hydrogen-bond acceptors (Lipinski definition) is 2. The van der Waals surface area contributed by atoms with Crippen molar-refractivity contribution in [2.24, 2.45) is 5.73 Å². The number of nitrogens with two attached hydrogens (primary N) is 1. The molecule has 0 bridgehead atoms. The molecule has 2 rings (SSSR count). The molecule has 112 valence electrons. The molecular weight excluding hydrogens is 296 g/mol. The fourth-order valence-electron chi connectivity index (χ4n) is 2.35. The lowest BCUT2D eigenvalue weighted by Gasteiger charge is -2.31. The summed E-state index contributed by atoms with van der Waals surface area (Å²) >= 11 is 6.08. The molecule has 0 heterocycles. The molecule has 2 nitrogen and oxygen atoms in total. The summed E-state index contributed by atoms with van der Waals surface area (Å²) in [6.45, 7) is -0.121. The van der Waals surface area contributed by atoms with Crippen LogP contribution in [-0.2, 0) is 11.8 Å². The van der Waals surface area contributed by atoms with Gasteiger partial charge in [0.05, 0.1) is 6.61 Å². The SMILES string of the molecule is NCC(CO)(Cc1cc(F)ccc1Cl)c1ccc(F)cc1. The van der Waals surface area contributed by atoms with Crippen molar-refractivity contribution in [1.82, 2.24) is 0 Å². The topological polar surface area (TPSA) is 46.2 Å². The lowest BCUT2D eigenvalue weighted by atomic mass is 9.76. The highest BCUT2D eigenvalue weighted by molar-refractivity contribution is 6.31. The van der Waals surface area contributed by atoms with E-state index in [2.05, 4.69) is 0 Å². The lowest BCUT2D eigenvalue weighted by Crippen LogP contribution is -2.41. The molecule has 3 N–H and O–H groups in total. The lowest BCUT2D eigenvalue weighted by molar-refractivity contribution is 0.196. The minimum Gasteiger partial charge on any atom is -0.395 e. The standard InChI is InChI=1S/C16H16ClF2NO/c17-15-6-5-14(19)7-11(15)8-16(9-20,10-21)12-1-3-13(18)4-2-12/h1-7,21H,8-10,20H2. The summed E-state index contributed by atoms with van der Waals surface area (Å²) in [6, 6.07) is 9.83. The fraction of sp³-hybridized carbons (Fsp3) is 0.250. The molecule has 0 aromatic heterocycles. The molecule has 0 radical (unpaired) electrons. The quantitative estimate of drug-likeness (QED) is 0.891. The molecule has 1 atom stereocenters. The van der Waals surface area contributed by atoms with Gasteiger partial charge < -0.3 is 10.8 Å². The van der Waals surface area contributed by atoms with E-state index in [4.69, 9.17) is 17.3 Å². The number of aliphatic hydroxyl groups excluding tert-OH is 1. The summed E-state index contributed by atoms with van der Waals surface area (Å²) in [4.78, 5) is 0. The van der Waals surface area contributed by atoms with Gasteiger partial charge in [0.25, 0.3) is 0 Å². The van der Waals surface area contributed by atoms with Crippen LogP contribution in [0.4, 0.5) is 8.78 Å². The van der Waals surface area contributed by atoms with E-state index in [0.717, 1.165) is 0 Å². The van der Waals surface area contributed by atoms with Gasteiger partial charge in [0.1, 0.15) is 11.6 Å². The van der Waals surface area contributed by atoms with Crippen molar-refractivity contribution in [2.75, 3.05) is 13.2 Å². The van der Waals surface area contributed by atoms with Gasteiger partial charge in [-0.1, -0.05) is 23.7 Å². The molecule has 2 aromatic carbocycles. The largest absolute Gasteiger partial charge is 0.395 e. The molecule has 0 spiro atoms. The summed E-state index contributed by atoms with van der Waals surface area (Å²) in [5, 5.41) is 10.2. The first kappa shape index (κ1) is 15.9. The highest BCUT2D eigenvalue weighted by Crippen LogP contribution is 2.31. The van der Waals surface area contributed by atoms with Crippen molar-refractivity contribution < 1.29 is 13.9 Å². The Morgan fingerprint density at radius 2 is 1.67 bits per heavy atom. The van der Waals surface area contributed by atoms with Gasteiger partial charge in [-0.2, -0.15) is 0 Å². The normalized spacial score (nSPS) is 14.0. The molecule has 0 aliphatic carbocycles. The van der Waals surface area contributed by atoms with Crippen LogP contribution in [0.25, 0.3) is 0 Å². The number of halogens is 3. The van der Waals surface area contributed by atoms with Crippen LogP contribution in [0.1, 0.15) is 11.1 Å². The molecule has 0 aliphatic rings. The third kappa shape index (κ3) is 3.40. The third-order valence-corrected chi connectivity index (χ3v) is 4.06. The Bertz CT molecular complexity index is 612. The molecular formula is C16H16ClF2NO. The van der Waals surface area contributed by atoms with E-state index >= 15 is 0 Å². The van der Waals surface area contributed by atoms with Crippen molar-refractivity contribution in [3.05, 3.63) is 70.2 Å². The highest BCUT2D eigenvalue weighted by atomic mass is 35.5. The number of aliphatic hydroxyl groups is 1. The Kier molecular flexibility index (Phi) is 4.93. The smallest absolute Gasteiger partial charge is 0.123 e. The molecule has 2 aromatic rings. The second-order valence-electron chi connectivity index (χ2n) is 5.06. The Labute approximate surface area is 127 Å². The Balaban J connectivity index is 2.42. The molecule has 0 fully saturated rings. The van der Waals surface area contributed by atoms with Crippen LogP contribution < -0.4 is 5.73 Å². The zero-order chi connectivity index (χ0) is 15.5. The monoisotopic (exact) mass is 311 g/mol. The molecule has 0 saturated heterocycles. The van der Waals surface area contributed by atoms with Gasteiger partial charge >= 0.3 is 0 Å². The summed E-state index contributed by atoms with van der Waals surface area (Å²) in [7, 11) is 0. The predicted molar refractivity (Wildman–Crippen MR) is 79.3 cm³/mol. The van der Waals surface area contributed by atoms with E-state index in [1.54, 1.807) is 12.1 Å². The Morgan fingerprint density at radius 1 is 1.05 bits per heavy atom. The van der Waals surface area contributed by atoms with E-state index in [0.29, 0.717) is 16.1 Å². The molecule has 0 aliphatic heterocycles. The summed E-state index contributed by atoms with van der Waals surface area (Å²) in [5.74, 6) is -0.774. The minimum absolute atomic E-state index is 0.127. The molecule has 21 heavy (non-hydrogen) atoms. The predicted octanol–water partition coefficient (Wildman–Crippen LogP) is 3.05. The molecule has 1 unspecified atom stereocenters. The van der Waals surface area contributed by atoms with Gasteiger partial charge in [-0.25, -0.2) is 8.78 Å². The first-order valence-corrected chi connectivity index (χ1v) is 6.89. The van der Waals surface area contributed by atoms with Gasteiger partial charge in [-0.15, -0.1) is 0 Å². The average molecular weight is 312 g/mol. The average Bonchev–Trinajstić information content (AvgIpc) is 2.49. The first-order chi connectivity index (χ1) is 10.0. The third-order valence-electron chi connectivity index (χ3n) is 3.69. The zero-order valence-corrected chi connectivity index (χ0v) is 12.1.